The third-order valence-corrected chi connectivity index (χ3v) is 2.50. The molecule has 0 aliphatic carbocycles. The van der Waals surface area contributed by atoms with E-state index in [-0.39, 0.29) is 12.4 Å². The van der Waals surface area contributed by atoms with Crippen molar-refractivity contribution in [3.63, 3.8) is 0 Å². The number of nitrogens with zero attached hydrogens (tertiary/aromatic N) is 1. The van der Waals surface area contributed by atoms with Gasteiger partial charge in [-0.05, 0) is 6.92 Å². The molecule has 0 aromatic carbocycles. The lowest BCUT2D eigenvalue weighted by molar-refractivity contribution is 0.158. The topological polar surface area (TPSA) is 130 Å². The van der Waals surface area contributed by atoms with Gasteiger partial charge in [-0.15, -0.1) is 0 Å². The number of carbonyl (C=O) groups is 2. The molecule has 0 aliphatic heterocycles. The van der Waals surface area contributed by atoms with Gasteiger partial charge in [-0.25, -0.2) is 9.52 Å². The number of sulfonamides is 1. The van der Waals surface area contributed by atoms with Gasteiger partial charge in [0, 0.05) is 6.07 Å². The lowest BCUT2D eigenvalue weighted by atomic mass is 10.6. The average molecular weight is 262 g/mol. The maximum atomic E-state index is 11.3. The Morgan fingerprint density at radius 2 is 2.24 bits per heavy atom. The number of rotatable bonds is 2. The van der Waals surface area contributed by atoms with E-state index in [1.807, 2.05) is 5.32 Å². The predicted octanol–water partition coefficient (Wildman–Crippen LogP) is 0.0175. The second-order valence-corrected chi connectivity index (χ2v) is 4.29. The van der Waals surface area contributed by atoms with E-state index in [1.54, 1.807) is 0 Å². The van der Waals surface area contributed by atoms with Gasteiger partial charge in [0.05, 0.1) is 12.8 Å². The quantitative estimate of drug-likeness (QED) is 0.688. The van der Waals surface area contributed by atoms with Crippen molar-refractivity contribution in [2.75, 3.05) is 11.9 Å². The van der Waals surface area contributed by atoms with Gasteiger partial charge in [0.2, 0.25) is 0 Å². The molecule has 94 valence electrons. The van der Waals surface area contributed by atoms with Crippen molar-refractivity contribution in [2.24, 2.45) is 0 Å². The molecule has 17 heavy (non-hydrogen) atoms. The summed E-state index contributed by atoms with van der Waals surface area (Å²) in [6, 6.07) is 1.35. The molecule has 9 nitrogen and oxygen atoms in total. The number of hydrogen-bond acceptors (Lipinski definition) is 6. The van der Waals surface area contributed by atoms with Crippen molar-refractivity contribution in [3.8, 4) is 0 Å². The third kappa shape index (κ3) is 3.75. The molecule has 0 saturated carbocycles. The third-order valence-electron chi connectivity index (χ3n) is 1.47. The van der Waals surface area contributed by atoms with Crippen LogP contribution in [0, 0.1) is 0 Å². The van der Waals surface area contributed by atoms with Crippen LogP contribution < -0.4 is 10.0 Å². The first-order chi connectivity index (χ1) is 7.95. The van der Waals surface area contributed by atoms with Gasteiger partial charge in [0.15, 0.2) is 0 Å². The zero-order chi connectivity index (χ0) is 12.9. The smallest absolute Gasteiger partial charge is 0.421 e. The Balaban J connectivity index is 2.64. The van der Waals surface area contributed by atoms with E-state index in [4.69, 9.17) is 0 Å². The van der Waals surface area contributed by atoms with Gasteiger partial charge in [-0.3, -0.25) is 15.2 Å². The highest BCUT2D eigenvalue weighted by atomic mass is 32.2. The summed E-state index contributed by atoms with van der Waals surface area (Å²) in [5.41, 5.74) is 0. The van der Waals surface area contributed by atoms with Crippen LogP contribution in [0.2, 0.25) is 0 Å². The van der Waals surface area contributed by atoms with Gasteiger partial charge < -0.3 is 4.74 Å². The van der Waals surface area contributed by atoms with E-state index >= 15 is 0 Å². The minimum Gasteiger partial charge on any atom is -0.449 e. The van der Waals surface area contributed by atoms with Crippen LogP contribution in [0.4, 0.5) is 15.4 Å². The predicted molar refractivity (Wildman–Crippen MR) is 56.7 cm³/mol. The Labute approximate surface area is 96.6 Å². The molecule has 1 aromatic rings. The van der Waals surface area contributed by atoms with Crippen molar-refractivity contribution in [3.05, 3.63) is 12.3 Å². The van der Waals surface area contributed by atoms with Crippen molar-refractivity contribution in [1.82, 2.24) is 14.9 Å². The molecule has 0 bridgehead atoms. The van der Waals surface area contributed by atoms with Gasteiger partial charge in [-0.1, -0.05) is 0 Å². The summed E-state index contributed by atoms with van der Waals surface area (Å²) in [5, 5.41) is 6.43. The molecule has 0 saturated heterocycles. The van der Waals surface area contributed by atoms with Crippen LogP contribution in [0.5, 0.6) is 0 Å². The Bertz CT molecular complexity index is 494. The first kappa shape index (κ1) is 13.0. The molecule has 10 heteroatoms. The number of anilines is 1. The monoisotopic (exact) mass is 262 g/mol. The first-order valence-electron chi connectivity index (χ1n) is 4.45. The van der Waals surface area contributed by atoms with Crippen molar-refractivity contribution < 1.29 is 22.7 Å². The number of amides is 2. The van der Waals surface area contributed by atoms with Crippen molar-refractivity contribution >= 4 is 27.2 Å². The molecule has 0 radical (unpaired) electrons. The number of carbonyl (C=O) groups excluding carboxylic acids is 2. The molecule has 0 unspecified atom stereocenters. The van der Waals surface area contributed by atoms with Crippen LogP contribution in [-0.4, -0.2) is 36.6 Å². The highest BCUT2D eigenvalue weighted by Gasteiger charge is 2.25. The van der Waals surface area contributed by atoms with Gasteiger partial charge >= 0.3 is 21.4 Å². The van der Waals surface area contributed by atoms with Crippen molar-refractivity contribution in [2.45, 2.75) is 6.92 Å². The lowest BCUT2D eigenvalue weighted by Gasteiger charge is -2.05. The number of H-pyrrole nitrogens is 1. The maximum Gasteiger partial charge on any atom is 0.421 e. The fourth-order valence-corrected chi connectivity index (χ4v) is 1.43. The molecule has 0 atom stereocenters. The summed E-state index contributed by atoms with van der Waals surface area (Å²) in [6.45, 7) is 1.49. The van der Waals surface area contributed by atoms with Crippen LogP contribution in [0.25, 0.3) is 0 Å². The summed E-state index contributed by atoms with van der Waals surface area (Å²) in [6.07, 6.45) is 0.105. The highest BCUT2D eigenvalue weighted by Crippen LogP contribution is 2.01. The Morgan fingerprint density at radius 1 is 1.53 bits per heavy atom. The fraction of sp³-hybridized carbons (Fsp3) is 0.286. The molecule has 1 heterocycles. The number of aromatic amines is 1. The van der Waals surface area contributed by atoms with E-state index in [0.29, 0.717) is 0 Å². The minimum absolute atomic E-state index is 0.0104. The Hall–Kier alpha value is -2.10. The summed E-state index contributed by atoms with van der Waals surface area (Å²) in [4.78, 5) is 22.1. The SMILES string of the molecule is CCOC(=O)NS(=O)(=O)C(=O)Nc1ccn[nH]1. The van der Waals surface area contributed by atoms with E-state index in [0.717, 1.165) is 0 Å². The largest absolute Gasteiger partial charge is 0.449 e. The summed E-state index contributed by atoms with van der Waals surface area (Å²) >= 11 is 0. The average Bonchev–Trinajstić information content (AvgIpc) is 2.69. The maximum absolute atomic E-state index is 11.3. The number of aromatic nitrogens is 2. The summed E-state index contributed by atoms with van der Waals surface area (Å²) in [7, 11) is -4.48. The molecule has 0 fully saturated rings. The first-order valence-corrected chi connectivity index (χ1v) is 5.94. The second-order valence-electron chi connectivity index (χ2n) is 2.71. The minimum atomic E-state index is -4.48. The molecule has 3 N–H and O–H groups in total. The molecule has 0 spiro atoms. The van der Waals surface area contributed by atoms with Crippen LogP contribution in [-0.2, 0) is 14.8 Å². The Morgan fingerprint density at radius 3 is 2.76 bits per heavy atom. The number of nitrogens with one attached hydrogen (secondary N) is 3. The molecule has 1 aromatic heterocycles. The zero-order valence-corrected chi connectivity index (χ0v) is 9.58. The molecular formula is C7H10N4O5S. The number of ether oxygens (including phenoxy) is 1. The van der Waals surface area contributed by atoms with Gasteiger partial charge in [0.1, 0.15) is 5.82 Å². The van der Waals surface area contributed by atoms with Crippen LogP contribution in [0.3, 0.4) is 0 Å². The molecule has 1 rings (SSSR count). The van der Waals surface area contributed by atoms with Gasteiger partial charge in [-0.2, -0.15) is 13.5 Å². The van der Waals surface area contributed by atoms with E-state index in [1.165, 1.54) is 23.9 Å². The molecule has 2 amide bonds. The molecular weight excluding hydrogens is 252 g/mol. The van der Waals surface area contributed by atoms with E-state index in [9.17, 15) is 18.0 Å². The van der Waals surface area contributed by atoms with Crippen molar-refractivity contribution in [1.29, 1.82) is 0 Å². The fourth-order valence-electron chi connectivity index (χ4n) is 0.819. The van der Waals surface area contributed by atoms with Crippen LogP contribution in [0.1, 0.15) is 6.92 Å². The van der Waals surface area contributed by atoms with Crippen LogP contribution >= 0.6 is 0 Å². The van der Waals surface area contributed by atoms with E-state index in [2.05, 4.69) is 14.9 Å². The standard InChI is InChI=1S/C7H10N4O5S/c1-2-16-6(12)11-17(14,15)7(13)9-5-3-4-8-10-5/h3-4H,2H2,1H3,(H,11,12)(H2,8,9,10,13). The van der Waals surface area contributed by atoms with E-state index < -0.39 is 21.4 Å². The molecule has 0 aliphatic rings. The summed E-state index contributed by atoms with van der Waals surface area (Å²) in [5.74, 6) is 0.0873. The Kier molecular flexibility index (Phi) is 4.04. The zero-order valence-electron chi connectivity index (χ0n) is 8.76. The normalized spacial score (nSPS) is 10.6. The van der Waals surface area contributed by atoms with Gasteiger partial charge in [0.25, 0.3) is 0 Å². The lowest BCUT2D eigenvalue weighted by Crippen LogP contribution is -2.38. The van der Waals surface area contributed by atoms with Crippen LogP contribution in [0.15, 0.2) is 12.3 Å². The number of hydrogen-bond donors (Lipinski definition) is 3. The second kappa shape index (κ2) is 5.30. The summed E-state index contributed by atoms with van der Waals surface area (Å²) < 4.78 is 28.3. The highest BCUT2D eigenvalue weighted by molar-refractivity contribution is 8.05.